The van der Waals surface area contributed by atoms with Crippen molar-refractivity contribution in [2.45, 2.75) is 25.9 Å². The van der Waals surface area contributed by atoms with Gasteiger partial charge >= 0.3 is 5.69 Å². The van der Waals surface area contributed by atoms with Crippen molar-refractivity contribution in [2.75, 3.05) is 26.1 Å². The molecule has 0 bridgehead atoms. The molecule has 0 amide bonds. The van der Waals surface area contributed by atoms with E-state index in [4.69, 9.17) is 9.47 Å². The number of pyridine rings is 1. The van der Waals surface area contributed by atoms with Crippen LogP contribution in [0.3, 0.4) is 0 Å². The van der Waals surface area contributed by atoms with Gasteiger partial charge in [-0.3, -0.25) is 10.1 Å². The van der Waals surface area contributed by atoms with Crippen molar-refractivity contribution in [3.8, 4) is 5.88 Å². The van der Waals surface area contributed by atoms with Gasteiger partial charge in [0, 0.05) is 26.6 Å². The van der Waals surface area contributed by atoms with Gasteiger partial charge in [0.15, 0.2) is 0 Å². The van der Waals surface area contributed by atoms with Crippen LogP contribution in [0.1, 0.15) is 20.3 Å². The van der Waals surface area contributed by atoms with Gasteiger partial charge in [0.2, 0.25) is 0 Å². The van der Waals surface area contributed by atoms with Crippen LogP contribution in [0, 0.1) is 10.1 Å². The molecular weight excluding hydrogens is 250 g/mol. The second kappa shape index (κ2) is 6.33. The van der Waals surface area contributed by atoms with E-state index in [1.165, 1.54) is 12.1 Å². The molecule has 7 heteroatoms. The minimum Gasteiger partial charge on any atom is -0.473 e. The Morgan fingerprint density at radius 3 is 2.68 bits per heavy atom. The first kappa shape index (κ1) is 15.2. The number of hydrogen-bond donors (Lipinski definition) is 1. The summed E-state index contributed by atoms with van der Waals surface area (Å²) in [5, 5.41) is 13.7. The first-order chi connectivity index (χ1) is 8.89. The molecule has 0 atom stereocenters. The number of aromatic nitrogens is 1. The summed E-state index contributed by atoms with van der Waals surface area (Å²) in [5.41, 5.74) is -0.482. The van der Waals surface area contributed by atoms with E-state index >= 15 is 0 Å². The molecule has 0 aliphatic carbocycles. The molecule has 7 nitrogen and oxygen atoms in total. The average molecular weight is 269 g/mol. The smallest absolute Gasteiger partial charge is 0.331 e. The van der Waals surface area contributed by atoms with E-state index in [9.17, 15) is 10.1 Å². The Morgan fingerprint density at radius 1 is 1.47 bits per heavy atom. The molecule has 1 N–H and O–H groups in total. The van der Waals surface area contributed by atoms with E-state index in [-0.39, 0.29) is 17.2 Å². The third kappa shape index (κ3) is 4.36. The lowest BCUT2D eigenvalue weighted by molar-refractivity contribution is -0.386. The van der Waals surface area contributed by atoms with Crippen molar-refractivity contribution in [3.63, 3.8) is 0 Å². The molecule has 0 unspecified atom stereocenters. The Hall–Kier alpha value is -1.89. The summed E-state index contributed by atoms with van der Waals surface area (Å²) in [5.74, 6) is 0.537. The van der Waals surface area contributed by atoms with Crippen LogP contribution in [0.5, 0.6) is 5.88 Å². The highest BCUT2D eigenvalue weighted by molar-refractivity contribution is 5.48. The predicted octanol–water partition coefficient (Wildman–Crippen LogP) is 2.23. The molecule has 1 rings (SSSR count). The van der Waals surface area contributed by atoms with Crippen LogP contribution in [0.2, 0.25) is 0 Å². The Labute approximate surface area is 112 Å². The summed E-state index contributed by atoms with van der Waals surface area (Å²) in [6.45, 7) is 4.13. The van der Waals surface area contributed by atoms with Gasteiger partial charge in [-0.25, -0.2) is 0 Å². The molecule has 0 radical (unpaired) electrons. The number of methoxy groups -OCH3 is 1. The highest BCUT2D eigenvalue weighted by atomic mass is 16.6. The minimum absolute atomic E-state index is 0.0174. The normalized spacial score (nSPS) is 11.2. The maximum atomic E-state index is 10.9. The Bertz CT molecular complexity index is 449. The van der Waals surface area contributed by atoms with Gasteiger partial charge in [0.25, 0.3) is 5.88 Å². The molecule has 0 fully saturated rings. The molecule has 1 heterocycles. The lowest BCUT2D eigenvalue weighted by Gasteiger charge is -2.22. The molecule has 1 aromatic heterocycles. The highest BCUT2D eigenvalue weighted by Gasteiger charge is 2.20. The fourth-order valence-corrected chi connectivity index (χ4v) is 1.31. The van der Waals surface area contributed by atoms with E-state index < -0.39 is 4.92 Å². The Kier molecular flexibility index (Phi) is 5.05. The van der Waals surface area contributed by atoms with Gasteiger partial charge in [0.05, 0.1) is 17.1 Å². The number of hydrogen-bond acceptors (Lipinski definition) is 6. The number of anilines is 1. The van der Waals surface area contributed by atoms with E-state index in [1.807, 2.05) is 13.8 Å². The summed E-state index contributed by atoms with van der Waals surface area (Å²) in [6, 6.07) is 2.90. The van der Waals surface area contributed by atoms with Crippen molar-refractivity contribution in [1.82, 2.24) is 4.98 Å². The molecule has 0 saturated carbocycles. The standard InChI is InChI=1S/C12H19N3O4/c1-12(2,18-4)7-8-19-11-9(15(16)17)5-6-10(13-3)14-11/h5-6H,7-8H2,1-4H3,(H,13,14). The summed E-state index contributed by atoms with van der Waals surface area (Å²) in [7, 11) is 3.30. The number of rotatable bonds is 7. The van der Waals surface area contributed by atoms with Crippen LogP contribution in [-0.4, -0.2) is 36.3 Å². The quantitative estimate of drug-likeness (QED) is 0.603. The van der Waals surface area contributed by atoms with E-state index in [1.54, 1.807) is 14.2 Å². The van der Waals surface area contributed by atoms with Gasteiger partial charge in [-0.1, -0.05) is 0 Å². The highest BCUT2D eigenvalue weighted by Crippen LogP contribution is 2.26. The molecule has 0 aliphatic rings. The van der Waals surface area contributed by atoms with Crippen LogP contribution < -0.4 is 10.1 Å². The predicted molar refractivity (Wildman–Crippen MR) is 71.6 cm³/mol. The van der Waals surface area contributed by atoms with E-state index in [2.05, 4.69) is 10.3 Å². The monoisotopic (exact) mass is 269 g/mol. The number of ether oxygens (including phenoxy) is 2. The molecule has 0 saturated heterocycles. The summed E-state index contributed by atoms with van der Waals surface area (Å²) in [6.07, 6.45) is 0.603. The van der Waals surface area contributed by atoms with Crippen molar-refractivity contribution in [1.29, 1.82) is 0 Å². The second-order valence-corrected chi connectivity index (χ2v) is 4.59. The second-order valence-electron chi connectivity index (χ2n) is 4.59. The third-order valence-electron chi connectivity index (χ3n) is 2.79. The average Bonchev–Trinajstić information content (AvgIpc) is 2.38. The topological polar surface area (TPSA) is 86.5 Å². The van der Waals surface area contributed by atoms with Gasteiger partial charge < -0.3 is 14.8 Å². The van der Waals surface area contributed by atoms with Gasteiger partial charge in [-0.05, 0) is 19.9 Å². The molecule has 19 heavy (non-hydrogen) atoms. The van der Waals surface area contributed by atoms with Crippen molar-refractivity contribution >= 4 is 11.5 Å². The molecule has 0 spiro atoms. The van der Waals surface area contributed by atoms with Crippen molar-refractivity contribution in [3.05, 3.63) is 22.2 Å². The number of nitro groups is 1. The maximum absolute atomic E-state index is 10.9. The minimum atomic E-state index is -0.511. The summed E-state index contributed by atoms with van der Waals surface area (Å²) >= 11 is 0. The Balaban J connectivity index is 2.78. The Morgan fingerprint density at radius 2 is 2.16 bits per heavy atom. The fraction of sp³-hybridized carbons (Fsp3) is 0.583. The van der Waals surface area contributed by atoms with E-state index in [0.717, 1.165) is 0 Å². The molecule has 106 valence electrons. The fourth-order valence-electron chi connectivity index (χ4n) is 1.31. The van der Waals surface area contributed by atoms with Crippen LogP contribution in [-0.2, 0) is 4.74 Å². The third-order valence-corrected chi connectivity index (χ3v) is 2.79. The lowest BCUT2D eigenvalue weighted by atomic mass is 10.1. The molecular formula is C12H19N3O4. The first-order valence-electron chi connectivity index (χ1n) is 5.91. The number of nitrogens with zero attached hydrogens (tertiary/aromatic N) is 2. The zero-order chi connectivity index (χ0) is 14.5. The van der Waals surface area contributed by atoms with Gasteiger partial charge in [-0.15, -0.1) is 0 Å². The van der Waals surface area contributed by atoms with Crippen LogP contribution in [0.4, 0.5) is 11.5 Å². The molecule has 0 aliphatic heterocycles. The zero-order valence-electron chi connectivity index (χ0n) is 11.6. The van der Waals surface area contributed by atoms with E-state index in [0.29, 0.717) is 18.8 Å². The summed E-state index contributed by atoms with van der Waals surface area (Å²) in [4.78, 5) is 14.4. The molecule has 1 aromatic rings. The largest absolute Gasteiger partial charge is 0.473 e. The molecule has 0 aromatic carbocycles. The van der Waals surface area contributed by atoms with Gasteiger partial charge in [-0.2, -0.15) is 4.98 Å². The maximum Gasteiger partial charge on any atom is 0.331 e. The SMILES string of the molecule is CNc1ccc([N+](=O)[O-])c(OCCC(C)(C)OC)n1. The zero-order valence-corrected chi connectivity index (χ0v) is 11.6. The van der Waals surface area contributed by atoms with Crippen LogP contribution in [0.15, 0.2) is 12.1 Å². The summed E-state index contributed by atoms with van der Waals surface area (Å²) < 4.78 is 10.7. The first-order valence-corrected chi connectivity index (χ1v) is 5.91. The lowest BCUT2D eigenvalue weighted by Crippen LogP contribution is -2.25. The van der Waals surface area contributed by atoms with Crippen LogP contribution in [0.25, 0.3) is 0 Å². The van der Waals surface area contributed by atoms with Crippen molar-refractivity contribution in [2.24, 2.45) is 0 Å². The number of nitrogens with one attached hydrogen (secondary N) is 1. The van der Waals surface area contributed by atoms with Crippen LogP contribution >= 0.6 is 0 Å². The van der Waals surface area contributed by atoms with Gasteiger partial charge in [0.1, 0.15) is 5.82 Å². The van der Waals surface area contributed by atoms with Crippen molar-refractivity contribution < 1.29 is 14.4 Å².